The van der Waals surface area contributed by atoms with Gasteiger partial charge in [-0.25, -0.2) is 4.39 Å². The van der Waals surface area contributed by atoms with Crippen molar-refractivity contribution in [2.45, 2.75) is 13.8 Å². The molecule has 15 heavy (non-hydrogen) atoms. The third kappa shape index (κ3) is 1.56. The lowest BCUT2D eigenvalue weighted by atomic mass is 10.1. The van der Waals surface area contributed by atoms with Gasteiger partial charge in [-0.05, 0) is 13.8 Å². The van der Waals surface area contributed by atoms with Crippen LogP contribution in [0.5, 0.6) is 0 Å². The standard InChI is InChI=1S/C10H11FN4/c1-5-10(6(2)15-14-5)9-3-7(11)8(12)4-13-9/h3-4H,12H2,1-2H3,(H,14,15). The summed E-state index contributed by atoms with van der Waals surface area (Å²) in [5.74, 6) is -0.458. The molecule has 0 saturated carbocycles. The number of nitrogen functional groups attached to an aromatic ring is 1. The van der Waals surface area contributed by atoms with Crippen LogP contribution in [0.1, 0.15) is 11.4 Å². The molecule has 78 valence electrons. The van der Waals surface area contributed by atoms with Crippen LogP contribution < -0.4 is 5.73 Å². The van der Waals surface area contributed by atoms with Gasteiger partial charge in [0.1, 0.15) is 5.82 Å². The second-order valence-electron chi connectivity index (χ2n) is 3.40. The number of aromatic amines is 1. The van der Waals surface area contributed by atoms with Gasteiger partial charge in [0.25, 0.3) is 0 Å². The quantitative estimate of drug-likeness (QED) is 0.747. The molecule has 0 radical (unpaired) electrons. The van der Waals surface area contributed by atoms with E-state index in [1.807, 2.05) is 13.8 Å². The summed E-state index contributed by atoms with van der Waals surface area (Å²) in [6.45, 7) is 3.71. The number of hydrogen-bond acceptors (Lipinski definition) is 3. The summed E-state index contributed by atoms with van der Waals surface area (Å²) in [4.78, 5) is 4.08. The predicted molar refractivity (Wildman–Crippen MR) is 55.7 cm³/mol. The van der Waals surface area contributed by atoms with Gasteiger partial charge >= 0.3 is 0 Å². The summed E-state index contributed by atoms with van der Waals surface area (Å²) >= 11 is 0. The second kappa shape index (κ2) is 3.34. The van der Waals surface area contributed by atoms with Gasteiger partial charge in [-0.1, -0.05) is 0 Å². The van der Waals surface area contributed by atoms with Gasteiger partial charge in [-0.3, -0.25) is 10.1 Å². The summed E-state index contributed by atoms with van der Waals surface area (Å²) in [7, 11) is 0. The van der Waals surface area contributed by atoms with E-state index in [0.29, 0.717) is 5.69 Å². The molecule has 0 unspecified atom stereocenters. The molecule has 0 bridgehead atoms. The van der Waals surface area contributed by atoms with Crippen molar-refractivity contribution in [2.75, 3.05) is 5.73 Å². The van der Waals surface area contributed by atoms with Gasteiger partial charge in [0.2, 0.25) is 0 Å². The zero-order valence-corrected chi connectivity index (χ0v) is 8.50. The lowest BCUT2D eigenvalue weighted by Gasteiger charge is -2.02. The first-order valence-electron chi connectivity index (χ1n) is 4.52. The highest BCUT2D eigenvalue weighted by molar-refractivity contribution is 5.65. The molecular formula is C10H11FN4. The maximum atomic E-state index is 13.2. The summed E-state index contributed by atoms with van der Waals surface area (Å²) in [5, 5.41) is 6.85. The summed E-state index contributed by atoms with van der Waals surface area (Å²) in [5.41, 5.74) is 8.45. The SMILES string of the molecule is Cc1n[nH]c(C)c1-c1cc(F)c(N)cn1. The number of aromatic nitrogens is 3. The molecule has 4 nitrogen and oxygen atoms in total. The van der Waals surface area contributed by atoms with Crippen LogP contribution in [0.2, 0.25) is 0 Å². The Morgan fingerprint density at radius 3 is 2.67 bits per heavy atom. The van der Waals surface area contributed by atoms with Crippen molar-refractivity contribution in [3.63, 3.8) is 0 Å². The molecule has 0 fully saturated rings. The van der Waals surface area contributed by atoms with Crippen molar-refractivity contribution in [2.24, 2.45) is 0 Å². The van der Waals surface area contributed by atoms with E-state index < -0.39 is 5.82 Å². The highest BCUT2D eigenvalue weighted by Crippen LogP contribution is 2.24. The Hall–Kier alpha value is -1.91. The van der Waals surface area contributed by atoms with E-state index in [4.69, 9.17) is 5.73 Å². The number of nitrogens with one attached hydrogen (secondary N) is 1. The van der Waals surface area contributed by atoms with Crippen LogP contribution in [0, 0.1) is 19.7 Å². The summed E-state index contributed by atoms with van der Waals surface area (Å²) < 4.78 is 13.2. The maximum Gasteiger partial charge on any atom is 0.149 e. The Morgan fingerprint density at radius 1 is 1.40 bits per heavy atom. The van der Waals surface area contributed by atoms with Gasteiger partial charge in [0.15, 0.2) is 0 Å². The predicted octanol–water partition coefficient (Wildman–Crippen LogP) is 1.81. The number of nitrogens with two attached hydrogens (primary N) is 1. The third-order valence-corrected chi connectivity index (χ3v) is 2.27. The van der Waals surface area contributed by atoms with Crippen molar-refractivity contribution >= 4 is 5.69 Å². The average molecular weight is 206 g/mol. The zero-order valence-electron chi connectivity index (χ0n) is 8.50. The van der Waals surface area contributed by atoms with Gasteiger partial charge in [-0.15, -0.1) is 0 Å². The van der Waals surface area contributed by atoms with E-state index >= 15 is 0 Å². The number of nitrogens with zero attached hydrogens (tertiary/aromatic N) is 2. The fraction of sp³-hybridized carbons (Fsp3) is 0.200. The number of halogens is 1. The van der Waals surface area contributed by atoms with Crippen LogP contribution in [-0.2, 0) is 0 Å². The molecule has 0 amide bonds. The van der Waals surface area contributed by atoms with E-state index in [1.54, 1.807) is 0 Å². The monoisotopic (exact) mass is 206 g/mol. The molecule has 5 heteroatoms. The molecule has 0 aliphatic heterocycles. The Balaban J connectivity index is 2.59. The average Bonchev–Trinajstić information content (AvgIpc) is 2.52. The molecule has 0 aromatic carbocycles. The second-order valence-corrected chi connectivity index (χ2v) is 3.40. The third-order valence-electron chi connectivity index (χ3n) is 2.27. The molecule has 2 aromatic rings. The van der Waals surface area contributed by atoms with E-state index in [9.17, 15) is 4.39 Å². The smallest absolute Gasteiger partial charge is 0.149 e. The largest absolute Gasteiger partial charge is 0.395 e. The highest BCUT2D eigenvalue weighted by atomic mass is 19.1. The minimum atomic E-state index is -0.458. The number of rotatable bonds is 1. The molecule has 2 heterocycles. The highest BCUT2D eigenvalue weighted by Gasteiger charge is 2.11. The molecule has 0 aliphatic carbocycles. The molecule has 0 saturated heterocycles. The van der Waals surface area contributed by atoms with Crippen LogP contribution in [0.3, 0.4) is 0 Å². The van der Waals surface area contributed by atoms with Crippen LogP contribution in [0.4, 0.5) is 10.1 Å². The van der Waals surface area contributed by atoms with E-state index in [-0.39, 0.29) is 5.69 Å². The fourth-order valence-electron chi connectivity index (χ4n) is 1.51. The van der Waals surface area contributed by atoms with E-state index in [2.05, 4.69) is 15.2 Å². The van der Waals surface area contributed by atoms with Crippen molar-refractivity contribution < 1.29 is 4.39 Å². The summed E-state index contributed by atoms with van der Waals surface area (Å²) in [6.07, 6.45) is 1.32. The molecular weight excluding hydrogens is 195 g/mol. The number of H-pyrrole nitrogens is 1. The zero-order chi connectivity index (χ0) is 11.0. The Labute approximate surface area is 86.3 Å². The number of hydrogen-bond donors (Lipinski definition) is 2. The topological polar surface area (TPSA) is 67.6 Å². The van der Waals surface area contributed by atoms with Crippen molar-refractivity contribution in [3.05, 3.63) is 29.5 Å². The maximum absolute atomic E-state index is 13.2. The lowest BCUT2D eigenvalue weighted by molar-refractivity contribution is 0.631. The minimum Gasteiger partial charge on any atom is -0.395 e. The first-order chi connectivity index (χ1) is 7.09. The van der Waals surface area contributed by atoms with Gasteiger partial charge in [0, 0.05) is 17.3 Å². The van der Waals surface area contributed by atoms with Crippen molar-refractivity contribution in [1.29, 1.82) is 0 Å². The normalized spacial score (nSPS) is 10.6. The van der Waals surface area contributed by atoms with Crippen LogP contribution >= 0.6 is 0 Å². The first-order valence-corrected chi connectivity index (χ1v) is 4.52. The molecule has 0 spiro atoms. The molecule has 0 atom stereocenters. The van der Waals surface area contributed by atoms with Gasteiger partial charge < -0.3 is 5.73 Å². The van der Waals surface area contributed by atoms with Crippen LogP contribution in [0.15, 0.2) is 12.3 Å². The number of aryl methyl sites for hydroxylation is 2. The lowest BCUT2D eigenvalue weighted by Crippen LogP contribution is -1.94. The Kier molecular flexibility index (Phi) is 2.15. The van der Waals surface area contributed by atoms with Crippen LogP contribution in [-0.4, -0.2) is 15.2 Å². The number of anilines is 1. The fourth-order valence-corrected chi connectivity index (χ4v) is 1.51. The molecule has 2 aromatic heterocycles. The van der Waals surface area contributed by atoms with E-state index in [1.165, 1.54) is 12.3 Å². The molecule has 3 N–H and O–H groups in total. The minimum absolute atomic E-state index is 0.0533. The van der Waals surface area contributed by atoms with Crippen LogP contribution in [0.25, 0.3) is 11.3 Å². The first kappa shape index (κ1) is 9.64. The number of pyridine rings is 1. The van der Waals surface area contributed by atoms with E-state index in [0.717, 1.165) is 17.0 Å². The van der Waals surface area contributed by atoms with Gasteiger partial charge in [0.05, 0.1) is 23.3 Å². The molecule has 0 aliphatic rings. The van der Waals surface area contributed by atoms with Crippen molar-refractivity contribution in [3.8, 4) is 11.3 Å². The van der Waals surface area contributed by atoms with Crippen molar-refractivity contribution in [1.82, 2.24) is 15.2 Å². The Bertz CT molecular complexity index is 485. The van der Waals surface area contributed by atoms with Gasteiger partial charge in [-0.2, -0.15) is 5.10 Å². The Morgan fingerprint density at radius 2 is 2.13 bits per heavy atom. The summed E-state index contributed by atoms with van der Waals surface area (Å²) in [6, 6.07) is 1.32. The molecule has 2 rings (SSSR count).